The van der Waals surface area contributed by atoms with E-state index in [1.54, 1.807) is 7.11 Å². The number of para-hydroxylation sites is 1. The second-order valence-corrected chi connectivity index (χ2v) is 5.34. The van der Waals surface area contributed by atoms with Crippen molar-refractivity contribution in [3.63, 3.8) is 0 Å². The molecule has 0 unspecified atom stereocenters. The molecule has 0 atom stereocenters. The van der Waals surface area contributed by atoms with E-state index in [1.165, 1.54) is 19.3 Å². The van der Waals surface area contributed by atoms with Crippen LogP contribution in [0.3, 0.4) is 0 Å². The summed E-state index contributed by atoms with van der Waals surface area (Å²) < 4.78 is 5.33. The summed E-state index contributed by atoms with van der Waals surface area (Å²) in [6.45, 7) is 0.624. The van der Waals surface area contributed by atoms with Crippen molar-refractivity contribution in [2.24, 2.45) is 5.92 Å². The first kappa shape index (κ1) is 13.9. The van der Waals surface area contributed by atoms with Crippen molar-refractivity contribution in [3.8, 4) is 5.75 Å². The number of nitrogens with zero attached hydrogens (tertiary/aromatic N) is 1. The van der Waals surface area contributed by atoms with Gasteiger partial charge >= 0.3 is 0 Å². The largest absolute Gasteiger partial charge is 0.496 e. The van der Waals surface area contributed by atoms with E-state index < -0.39 is 0 Å². The van der Waals surface area contributed by atoms with Crippen molar-refractivity contribution < 1.29 is 9.53 Å². The van der Waals surface area contributed by atoms with E-state index >= 15 is 0 Å². The number of methoxy groups -OCH3 is 1. The Morgan fingerprint density at radius 3 is 2.63 bits per heavy atom. The number of benzene rings is 1. The van der Waals surface area contributed by atoms with Crippen LogP contribution in [0.1, 0.15) is 37.7 Å². The zero-order valence-electron chi connectivity index (χ0n) is 11.9. The average molecular weight is 261 g/mol. The highest BCUT2D eigenvalue weighted by atomic mass is 16.5. The fourth-order valence-corrected chi connectivity index (χ4v) is 2.83. The molecule has 1 saturated carbocycles. The third kappa shape index (κ3) is 3.49. The summed E-state index contributed by atoms with van der Waals surface area (Å²) in [6.07, 6.45) is 5.77. The van der Waals surface area contributed by atoms with Gasteiger partial charge in [-0.2, -0.15) is 0 Å². The van der Waals surface area contributed by atoms with Gasteiger partial charge in [0.25, 0.3) is 0 Å². The molecule has 1 aromatic carbocycles. The molecule has 0 saturated heterocycles. The lowest BCUT2D eigenvalue weighted by Gasteiger charge is -2.26. The molecular weight excluding hydrogens is 238 g/mol. The second-order valence-electron chi connectivity index (χ2n) is 5.34. The lowest BCUT2D eigenvalue weighted by Crippen LogP contribution is -2.33. The van der Waals surface area contributed by atoms with Crippen LogP contribution in [-0.2, 0) is 11.3 Å². The maximum absolute atomic E-state index is 12.4. The lowest BCUT2D eigenvalue weighted by molar-refractivity contribution is -0.135. The van der Waals surface area contributed by atoms with E-state index in [9.17, 15) is 4.79 Å². The molecule has 0 aromatic heterocycles. The zero-order valence-corrected chi connectivity index (χ0v) is 11.9. The number of carbonyl (C=O) groups excluding carboxylic acids is 1. The number of rotatable bonds is 4. The van der Waals surface area contributed by atoms with Gasteiger partial charge in [-0.3, -0.25) is 4.79 Å². The number of amides is 1. The van der Waals surface area contributed by atoms with E-state index in [-0.39, 0.29) is 11.8 Å². The molecule has 0 radical (unpaired) electrons. The van der Waals surface area contributed by atoms with Gasteiger partial charge in [-0.25, -0.2) is 0 Å². The summed E-state index contributed by atoms with van der Waals surface area (Å²) in [5.74, 6) is 1.37. The topological polar surface area (TPSA) is 29.5 Å². The van der Waals surface area contributed by atoms with Crippen LogP contribution in [0.25, 0.3) is 0 Å². The van der Waals surface area contributed by atoms with Crippen LogP contribution < -0.4 is 4.74 Å². The van der Waals surface area contributed by atoms with Crippen molar-refractivity contribution in [3.05, 3.63) is 29.8 Å². The summed E-state index contributed by atoms with van der Waals surface area (Å²) in [6, 6.07) is 7.89. The highest BCUT2D eigenvalue weighted by Gasteiger charge is 2.24. The maximum atomic E-state index is 12.4. The molecule has 1 aliphatic rings. The normalized spacial score (nSPS) is 16.1. The molecule has 0 bridgehead atoms. The van der Waals surface area contributed by atoms with E-state index in [4.69, 9.17) is 4.74 Å². The number of hydrogen-bond donors (Lipinski definition) is 0. The first-order valence-electron chi connectivity index (χ1n) is 7.09. The van der Waals surface area contributed by atoms with Crippen molar-refractivity contribution in [1.82, 2.24) is 4.90 Å². The molecule has 0 N–H and O–H groups in total. The Balaban J connectivity index is 1.99. The van der Waals surface area contributed by atoms with Gasteiger partial charge in [0.15, 0.2) is 0 Å². The van der Waals surface area contributed by atoms with Gasteiger partial charge in [-0.1, -0.05) is 37.5 Å². The average Bonchev–Trinajstić information content (AvgIpc) is 2.48. The van der Waals surface area contributed by atoms with Crippen LogP contribution >= 0.6 is 0 Å². The minimum absolute atomic E-state index is 0.230. The van der Waals surface area contributed by atoms with Crippen molar-refractivity contribution in [1.29, 1.82) is 0 Å². The molecule has 19 heavy (non-hydrogen) atoms. The molecule has 1 aromatic rings. The molecule has 3 nitrogen and oxygen atoms in total. The second kappa shape index (κ2) is 6.60. The van der Waals surface area contributed by atoms with Gasteiger partial charge in [0.05, 0.1) is 7.11 Å². The third-order valence-electron chi connectivity index (χ3n) is 3.93. The van der Waals surface area contributed by atoms with Gasteiger partial charge in [-0.15, -0.1) is 0 Å². The Labute approximate surface area is 115 Å². The van der Waals surface area contributed by atoms with E-state index in [1.807, 2.05) is 36.2 Å². The van der Waals surface area contributed by atoms with E-state index in [0.717, 1.165) is 24.2 Å². The minimum atomic E-state index is 0.230. The molecule has 2 rings (SSSR count). The molecule has 1 amide bonds. The monoisotopic (exact) mass is 261 g/mol. The Morgan fingerprint density at radius 2 is 1.95 bits per heavy atom. The predicted molar refractivity (Wildman–Crippen MR) is 76.0 cm³/mol. The van der Waals surface area contributed by atoms with Crippen LogP contribution in [0.15, 0.2) is 24.3 Å². The quantitative estimate of drug-likeness (QED) is 0.832. The zero-order chi connectivity index (χ0) is 13.7. The smallest absolute Gasteiger partial charge is 0.225 e. The fraction of sp³-hybridized carbons (Fsp3) is 0.562. The van der Waals surface area contributed by atoms with Crippen LogP contribution in [-0.4, -0.2) is 25.0 Å². The van der Waals surface area contributed by atoms with Crippen LogP contribution in [0.4, 0.5) is 0 Å². The highest BCUT2D eigenvalue weighted by molar-refractivity contribution is 5.78. The predicted octanol–water partition coefficient (Wildman–Crippen LogP) is 3.23. The molecular formula is C16H23NO2. The fourth-order valence-electron chi connectivity index (χ4n) is 2.83. The molecule has 0 heterocycles. The summed E-state index contributed by atoms with van der Waals surface area (Å²) in [5.41, 5.74) is 1.07. The Hall–Kier alpha value is -1.51. The van der Waals surface area contributed by atoms with Gasteiger partial charge in [0, 0.05) is 25.1 Å². The third-order valence-corrected chi connectivity index (χ3v) is 3.93. The van der Waals surface area contributed by atoms with Crippen LogP contribution in [0.2, 0.25) is 0 Å². The maximum Gasteiger partial charge on any atom is 0.225 e. The molecule has 1 aliphatic carbocycles. The number of hydrogen-bond acceptors (Lipinski definition) is 2. The summed E-state index contributed by atoms with van der Waals surface area (Å²) in [4.78, 5) is 14.2. The summed E-state index contributed by atoms with van der Waals surface area (Å²) in [5, 5.41) is 0. The molecule has 0 spiro atoms. The van der Waals surface area contributed by atoms with Crippen LogP contribution in [0, 0.1) is 5.92 Å². The van der Waals surface area contributed by atoms with Crippen molar-refractivity contribution in [2.75, 3.05) is 14.2 Å². The first-order chi connectivity index (χ1) is 9.22. The number of carbonyl (C=O) groups is 1. The minimum Gasteiger partial charge on any atom is -0.496 e. The van der Waals surface area contributed by atoms with E-state index in [0.29, 0.717) is 6.54 Å². The summed E-state index contributed by atoms with van der Waals surface area (Å²) >= 11 is 0. The van der Waals surface area contributed by atoms with Crippen molar-refractivity contribution >= 4 is 5.91 Å². The molecule has 0 aliphatic heterocycles. The Kier molecular flexibility index (Phi) is 4.83. The number of ether oxygens (including phenoxy) is 1. The van der Waals surface area contributed by atoms with E-state index in [2.05, 4.69) is 0 Å². The van der Waals surface area contributed by atoms with Crippen LogP contribution in [0.5, 0.6) is 5.75 Å². The molecule has 104 valence electrons. The van der Waals surface area contributed by atoms with Gasteiger partial charge in [0.1, 0.15) is 5.75 Å². The summed E-state index contributed by atoms with van der Waals surface area (Å²) in [7, 11) is 3.56. The SMILES string of the molecule is COc1ccccc1CN(C)C(=O)C1CCCCC1. The molecule has 1 fully saturated rings. The standard InChI is InChI=1S/C16H23NO2/c1-17(16(18)13-8-4-3-5-9-13)12-14-10-6-7-11-15(14)19-2/h6-7,10-11,13H,3-5,8-9,12H2,1-2H3. The Morgan fingerprint density at radius 1 is 1.26 bits per heavy atom. The van der Waals surface area contributed by atoms with Gasteiger partial charge in [0.2, 0.25) is 5.91 Å². The molecule has 3 heteroatoms. The van der Waals surface area contributed by atoms with Gasteiger partial charge in [-0.05, 0) is 18.9 Å². The van der Waals surface area contributed by atoms with Crippen molar-refractivity contribution in [2.45, 2.75) is 38.6 Å². The Bertz CT molecular complexity index is 425. The highest BCUT2D eigenvalue weighted by Crippen LogP contribution is 2.26. The lowest BCUT2D eigenvalue weighted by atomic mass is 9.88. The first-order valence-corrected chi connectivity index (χ1v) is 7.09. The van der Waals surface area contributed by atoms with Gasteiger partial charge < -0.3 is 9.64 Å².